The highest BCUT2D eigenvalue weighted by Crippen LogP contribution is 2.19. The molecule has 0 bridgehead atoms. The van der Waals surface area contributed by atoms with Crippen LogP contribution in [0.4, 0.5) is 0 Å². The number of aliphatic hydroxyl groups excluding tert-OH is 1. The van der Waals surface area contributed by atoms with Crippen molar-refractivity contribution >= 4 is 17.5 Å². The van der Waals surface area contributed by atoms with Gasteiger partial charge < -0.3 is 10.0 Å². The van der Waals surface area contributed by atoms with Gasteiger partial charge in [0.25, 0.3) is 5.91 Å². The van der Waals surface area contributed by atoms with Crippen LogP contribution in [0.25, 0.3) is 0 Å². The third-order valence-corrected chi connectivity index (χ3v) is 3.32. The maximum Gasteiger partial charge on any atom is 0.272 e. The molecule has 0 aliphatic carbocycles. The number of carbonyl (C=O) groups excluding carboxylic acids is 1. The van der Waals surface area contributed by atoms with Gasteiger partial charge in [0.1, 0.15) is 5.69 Å². The van der Waals surface area contributed by atoms with Gasteiger partial charge in [-0.1, -0.05) is 18.5 Å². The maximum absolute atomic E-state index is 12.1. The lowest BCUT2D eigenvalue weighted by Gasteiger charge is -2.34. The molecule has 1 amide bonds. The van der Waals surface area contributed by atoms with Crippen LogP contribution in [-0.2, 0) is 0 Å². The van der Waals surface area contributed by atoms with Gasteiger partial charge in [0.05, 0.1) is 6.10 Å². The van der Waals surface area contributed by atoms with E-state index in [4.69, 9.17) is 11.6 Å². The lowest BCUT2D eigenvalue weighted by molar-refractivity contribution is 0.0294. The molecule has 2 unspecified atom stereocenters. The van der Waals surface area contributed by atoms with Gasteiger partial charge in [-0.2, -0.15) is 0 Å². The number of likely N-dealkylation sites (tertiary alicyclic amines) is 1. The van der Waals surface area contributed by atoms with Crippen LogP contribution < -0.4 is 0 Å². The minimum Gasteiger partial charge on any atom is -0.393 e. The highest BCUT2D eigenvalue weighted by molar-refractivity contribution is 6.30. The molecule has 2 rings (SSSR count). The second-order valence-electron chi connectivity index (χ2n) is 4.44. The van der Waals surface area contributed by atoms with Gasteiger partial charge in [-0.05, 0) is 24.5 Å². The van der Waals surface area contributed by atoms with Crippen molar-refractivity contribution in [3.05, 3.63) is 29.0 Å². The number of aliphatic hydroxyl groups is 1. The Morgan fingerprint density at radius 3 is 3.06 bits per heavy atom. The molecule has 1 aromatic heterocycles. The number of amides is 1. The first-order valence-corrected chi connectivity index (χ1v) is 6.04. The Balaban J connectivity index is 2.10. The number of carbonyl (C=O) groups is 1. The number of rotatable bonds is 1. The number of halogens is 1. The largest absolute Gasteiger partial charge is 0.393 e. The first-order chi connectivity index (χ1) is 8.08. The summed E-state index contributed by atoms with van der Waals surface area (Å²) >= 11 is 5.83. The van der Waals surface area contributed by atoms with Crippen LogP contribution >= 0.6 is 11.6 Å². The van der Waals surface area contributed by atoms with E-state index in [0.29, 0.717) is 30.2 Å². The van der Waals surface area contributed by atoms with E-state index in [1.807, 2.05) is 6.92 Å². The summed E-state index contributed by atoms with van der Waals surface area (Å²) in [5, 5.41) is 10.1. The molecule has 2 atom stereocenters. The Morgan fingerprint density at radius 1 is 1.65 bits per heavy atom. The van der Waals surface area contributed by atoms with Crippen molar-refractivity contribution in [2.45, 2.75) is 19.4 Å². The molecule has 2 heterocycles. The summed E-state index contributed by atoms with van der Waals surface area (Å²) in [6.45, 7) is 3.07. The fraction of sp³-hybridized carbons (Fsp3) is 0.500. The predicted octanol–water partition coefficient (Wildman–Crippen LogP) is 1.58. The fourth-order valence-electron chi connectivity index (χ4n) is 2.00. The van der Waals surface area contributed by atoms with Crippen molar-refractivity contribution in [1.82, 2.24) is 9.88 Å². The number of hydrogen-bond donors (Lipinski definition) is 1. The monoisotopic (exact) mass is 254 g/mol. The standard InChI is InChI=1S/C12H15ClN2O2/c1-8-7-15(5-3-11(8)16)12(17)10-6-9(13)2-4-14-10/h2,4,6,8,11,16H,3,5,7H2,1H3. The van der Waals surface area contributed by atoms with Gasteiger partial charge in [-0.25, -0.2) is 0 Å². The van der Waals surface area contributed by atoms with E-state index in [0.717, 1.165) is 0 Å². The zero-order valence-electron chi connectivity index (χ0n) is 9.64. The van der Waals surface area contributed by atoms with E-state index in [2.05, 4.69) is 4.98 Å². The molecule has 0 saturated carbocycles. The van der Waals surface area contributed by atoms with E-state index in [1.54, 1.807) is 17.0 Å². The summed E-state index contributed by atoms with van der Waals surface area (Å²) in [5.41, 5.74) is 0.362. The minimum absolute atomic E-state index is 0.104. The highest BCUT2D eigenvalue weighted by atomic mass is 35.5. The number of aromatic nitrogens is 1. The average molecular weight is 255 g/mol. The Labute approximate surface area is 105 Å². The SMILES string of the molecule is CC1CN(C(=O)c2cc(Cl)ccn2)CCC1O. The maximum atomic E-state index is 12.1. The number of nitrogens with zero attached hydrogens (tertiary/aromatic N) is 2. The van der Waals surface area contributed by atoms with Crippen molar-refractivity contribution in [1.29, 1.82) is 0 Å². The second-order valence-corrected chi connectivity index (χ2v) is 4.88. The quantitative estimate of drug-likeness (QED) is 0.828. The third-order valence-electron chi connectivity index (χ3n) is 3.09. The van der Waals surface area contributed by atoms with E-state index in [-0.39, 0.29) is 17.9 Å². The van der Waals surface area contributed by atoms with Gasteiger partial charge in [0.2, 0.25) is 0 Å². The van der Waals surface area contributed by atoms with E-state index < -0.39 is 0 Å². The zero-order valence-corrected chi connectivity index (χ0v) is 10.4. The lowest BCUT2D eigenvalue weighted by Crippen LogP contribution is -2.45. The molecular formula is C12H15ClN2O2. The summed E-state index contributed by atoms with van der Waals surface area (Å²) in [6, 6.07) is 3.21. The zero-order chi connectivity index (χ0) is 12.4. The highest BCUT2D eigenvalue weighted by Gasteiger charge is 2.28. The Bertz CT molecular complexity index is 425. The molecule has 1 fully saturated rings. The topological polar surface area (TPSA) is 53.4 Å². The molecule has 1 N–H and O–H groups in total. The molecule has 92 valence electrons. The summed E-state index contributed by atoms with van der Waals surface area (Å²) < 4.78 is 0. The van der Waals surface area contributed by atoms with E-state index in [1.165, 1.54) is 6.20 Å². The smallest absolute Gasteiger partial charge is 0.272 e. The van der Waals surface area contributed by atoms with Crippen LogP contribution in [0.15, 0.2) is 18.3 Å². The fourth-order valence-corrected chi connectivity index (χ4v) is 2.16. The van der Waals surface area contributed by atoms with Gasteiger partial charge in [0.15, 0.2) is 0 Å². The molecule has 1 aromatic rings. The third kappa shape index (κ3) is 2.76. The van der Waals surface area contributed by atoms with Crippen LogP contribution in [0, 0.1) is 5.92 Å². The molecular weight excluding hydrogens is 240 g/mol. The second kappa shape index (κ2) is 5.02. The van der Waals surface area contributed by atoms with Crippen LogP contribution in [0.1, 0.15) is 23.8 Å². The number of hydrogen-bond acceptors (Lipinski definition) is 3. The van der Waals surface area contributed by atoms with Crippen molar-refractivity contribution in [3.63, 3.8) is 0 Å². The van der Waals surface area contributed by atoms with Crippen molar-refractivity contribution in [2.24, 2.45) is 5.92 Å². The van der Waals surface area contributed by atoms with Crippen molar-refractivity contribution in [3.8, 4) is 0 Å². The van der Waals surface area contributed by atoms with Gasteiger partial charge in [0, 0.05) is 24.3 Å². The molecule has 0 aromatic carbocycles. The lowest BCUT2D eigenvalue weighted by atomic mass is 9.96. The summed E-state index contributed by atoms with van der Waals surface area (Å²) in [6.07, 6.45) is 1.83. The summed E-state index contributed by atoms with van der Waals surface area (Å²) in [5.74, 6) is -0.0156. The molecule has 4 nitrogen and oxygen atoms in total. The molecule has 0 radical (unpaired) electrons. The molecule has 17 heavy (non-hydrogen) atoms. The average Bonchev–Trinajstić information content (AvgIpc) is 2.32. The Hall–Kier alpha value is -1.13. The molecule has 0 spiro atoms. The van der Waals surface area contributed by atoms with Crippen molar-refractivity contribution < 1.29 is 9.90 Å². The summed E-state index contributed by atoms with van der Waals surface area (Å²) in [4.78, 5) is 17.9. The minimum atomic E-state index is -0.314. The Kier molecular flexibility index (Phi) is 3.64. The van der Waals surface area contributed by atoms with E-state index in [9.17, 15) is 9.90 Å². The van der Waals surface area contributed by atoms with Gasteiger partial charge >= 0.3 is 0 Å². The Morgan fingerprint density at radius 2 is 2.41 bits per heavy atom. The normalized spacial score (nSPS) is 24.8. The van der Waals surface area contributed by atoms with Crippen LogP contribution in [0.3, 0.4) is 0 Å². The van der Waals surface area contributed by atoms with E-state index >= 15 is 0 Å². The van der Waals surface area contributed by atoms with Gasteiger partial charge in [-0.3, -0.25) is 9.78 Å². The first-order valence-electron chi connectivity index (χ1n) is 5.67. The number of piperidine rings is 1. The predicted molar refractivity (Wildman–Crippen MR) is 64.9 cm³/mol. The first kappa shape index (κ1) is 12.3. The van der Waals surface area contributed by atoms with Crippen LogP contribution in [0.2, 0.25) is 5.02 Å². The molecule has 1 aliphatic rings. The number of pyridine rings is 1. The van der Waals surface area contributed by atoms with Gasteiger partial charge in [-0.15, -0.1) is 0 Å². The molecule has 1 aliphatic heterocycles. The van der Waals surface area contributed by atoms with Crippen molar-refractivity contribution in [2.75, 3.05) is 13.1 Å². The van der Waals surface area contributed by atoms with Crippen LogP contribution in [0.5, 0.6) is 0 Å². The van der Waals surface area contributed by atoms with Crippen LogP contribution in [-0.4, -0.2) is 40.1 Å². The molecule has 5 heteroatoms. The molecule has 1 saturated heterocycles. The summed E-state index contributed by atoms with van der Waals surface area (Å²) in [7, 11) is 0.